The summed E-state index contributed by atoms with van der Waals surface area (Å²) in [6.07, 6.45) is -4.57. The molecule has 0 saturated carbocycles. The Morgan fingerprint density at radius 1 is 1.57 bits per heavy atom. The number of carbonyl (C=O) groups is 1. The smallest absolute Gasteiger partial charge is 0.408 e. The van der Waals surface area contributed by atoms with Gasteiger partial charge in [0.25, 0.3) is 5.56 Å². The Kier molecular flexibility index (Phi) is 2.37. The zero-order valence-corrected chi connectivity index (χ0v) is 6.63. The summed E-state index contributed by atoms with van der Waals surface area (Å²) in [5.74, 6) is -1.48. The fourth-order valence-corrected chi connectivity index (χ4v) is 0.840. The average Bonchev–Trinajstić information content (AvgIpc) is 2.29. The van der Waals surface area contributed by atoms with Crippen LogP contribution < -0.4 is 5.56 Å². The van der Waals surface area contributed by atoms with Crippen LogP contribution in [0.5, 0.6) is 0 Å². The van der Waals surface area contributed by atoms with Crippen molar-refractivity contribution in [3.05, 3.63) is 22.1 Å². The topological polar surface area (TPSA) is 75.1 Å². The average molecular weight is 210 g/mol. The number of alkyl halides is 3. The Balaban J connectivity index is 3.00. The predicted octanol–water partition coefficient (Wildman–Crippen LogP) is 0.437. The molecule has 8 heteroatoms. The van der Waals surface area contributed by atoms with E-state index in [0.717, 1.165) is 0 Å². The highest BCUT2D eigenvalue weighted by molar-refractivity contribution is 5.84. The molecule has 2 N–H and O–H groups in total. The molecule has 78 valence electrons. The van der Waals surface area contributed by atoms with Gasteiger partial charge in [0, 0.05) is 6.07 Å². The Hall–Kier alpha value is -1.73. The van der Waals surface area contributed by atoms with Crippen molar-refractivity contribution in [2.75, 3.05) is 0 Å². The number of halogens is 3. The van der Waals surface area contributed by atoms with Crippen LogP contribution in [0.2, 0.25) is 0 Å². The number of hydrogen-bond donors (Lipinski definition) is 2. The van der Waals surface area contributed by atoms with Gasteiger partial charge in [-0.3, -0.25) is 9.89 Å². The molecule has 0 aliphatic carbocycles. The summed E-state index contributed by atoms with van der Waals surface area (Å²) in [7, 11) is 0. The second-order valence-electron chi connectivity index (χ2n) is 2.51. The lowest BCUT2D eigenvalue weighted by Crippen LogP contribution is -2.26. The molecule has 0 aliphatic rings. The normalized spacial score (nSPS) is 11.6. The standard InChI is InChI=1S/C6H5F3N2O3/c7-6(8,9)2-11-4(12)1-3(10-11)5(13)14/h1,10H,2H2,(H,13,14). The second-order valence-corrected chi connectivity index (χ2v) is 2.51. The number of carboxylic acids is 1. The van der Waals surface area contributed by atoms with Crippen LogP contribution >= 0.6 is 0 Å². The number of aromatic carboxylic acids is 1. The zero-order valence-electron chi connectivity index (χ0n) is 6.63. The maximum absolute atomic E-state index is 11.8. The summed E-state index contributed by atoms with van der Waals surface area (Å²) >= 11 is 0. The third-order valence-corrected chi connectivity index (χ3v) is 1.36. The molecule has 0 saturated heterocycles. The number of nitrogens with zero attached hydrogens (tertiary/aromatic N) is 1. The van der Waals surface area contributed by atoms with Crippen molar-refractivity contribution >= 4 is 5.97 Å². The van der Waals surface area contributed by atoms with E-state index in [0.29, 0.717) is 6.07 Å². The number of carboxylic acid groups (broad SMARTS) is 1. The molecule has 0 bridgehead atoms. The molecule has 0 radical (unpaired) electrons. The van der Waals surface area contributed by atoms with Gasteiger partial charge in [-0.1, -0.05) is 0 Å². The molecule has 5 nitrogen and oxygen atoms in total. The minimum Gasteiger partial charge on any atom is -0.477 e. The summed E-state index contributed by atoms with van der Waals surface area (Å²) in [6.45, 7) is -1.53. The van der Waals surface area contributed by atoms with Gasteiger partial charge >= 0.3 is 12.1 Å². The molecular weight excluding hydrogens is 205 g/mol. The van der Waals surface area contributed by atoms with Crippen LogP contribution in [0.3, 0.4) is 0 Å². The molecular formula is C6H5F3N2O3. The molecule has 1 rings (SSSR count). The third kappa shape index (κ3) is 2.38. The zero-order chi connectivity index (χ0) is 10.9. The van der Waals surface area contributed by atoms with Crippen molar-refractivity contribution in [1.29, 1.82) is 0 Å². The molecule has 1 heterocycles. The van der Waals surface area contributed by atoms with Crippen LogP contribution in [0.25, 0.3) is 0 Å². The van der Waals surface area contributed by atoms with Crippen LogP contribution in [0.4, 0.5) is 13.2 Å². The van der Waals surface area contributed by atoms with Gasteiger partial charge < -0.3 is 5.11 Å². The van der Waals surface area contributed by atoms with Gasteiger partial charge in [-0.25, -0.2) is 9.48 Å². The number of H-pyrrole nitrogens is 1. The van der Waals surface area contributed by atoms with Crippen molar-refractivity contribution < 1.29 is 23.1 Å². The first-order chi connectivity index (χ1) is 6.29. The van der Waals surface area contributed by atoms with Crippen LogP contribution in [0, 0.1) is 0 Å². The largest absolute Gasteiger partial charge is 0.477 e. The van der Waals surface area contributed by atoms with E-state index in [1.165, 1.54) is 0 Å². The molecule has 1 aromatic heterocycles. The van der Waals surface area contributed by atoms with Gasteiger partial charge in [-0.05, 0) is 0 Å². The van der Waals surface area contributed by atoms with E-state index in [-0.39, 0.29) is 4.68 Å². The molecule has 0 amide bonds. The fraction of sp³-hybridized carbons (Fsp3) is 0.333. The van der Waals surface area contributed by atoms with E-state index in [4.69, 9.17) is 5.11 Å². The SMILES string of the molecule is O=C(O)c1cc(=O)n(CC(F)(F)F)[nH]1. The highest BCUT2D eigenvalue weighted by Crippen LogP contribution is 2.15. The first-order valence-corrected chi connectivity index (χ1v) is 3.39. The third-order valence-electron chi connectivity index (χ3n) is 1.36. The summed E-state index contributed by atoms with van der Waals surface area (Å²) in [6, 6.07) is 0.591. The molecule has 0 atom stereocenters. The van der Waals surface area contributed by atoms with Crippen LogP contribution in [-0.2, 0) is 6.54 Å². The van der Waals surface area contributed by atoms with E-state index >= 15 is 0 Å². The van der Waals surface area contributed by atoms with Crippen LogP contribution in [0.15, 0.2) is 10.9 Å². The van der Waals surface area contributed by atoms with Crippen molar-refractivity contribution in [2.45, 2.75) is 12.7 Å². The number of aromatic amines is 1. The lowest BCUT2D eigenvalue weighted by Gasteiger charge is -2.05. The number of nitrogens with one attached hydrogen (secondary N) is 1. The van der Waals surface area contributed by atoms with Crippen LogP contribution in [-0.4, -0.2) is 27.0 Å². The molecule has 14 heavy (non-hydrogen) atoms. The lowest BCUT2D eigenvalue weighted by atomic mass is 10.4. The maximum atomic E-state index is 11.8. The second kappa shape index (κ2) is 3.20. The minimum atomic E-state index is -4.57. The van der Waals surface area contributed by atoms with Gasteiger partial charge in [-0.15, -0.1) is 0 Å². The maximum Gasteiger partial charge on any atom is 0.408 e. The van der Waals surface area contributed by atoms with Gasteiger partial charge in [0.05, 0.1) is 0 Å². The van der Waals surface area contributed by atoms with E-state index in [1.54, 1.807) is 0 Å². The molecule has 0 aliphatic heterocycles. The van der Waals surface area contributed by atoms with Crippen molar-refractivity contribution in [3.8, 4) is 0 Å². The molecule has 1 aromatic rings. The van der Waals surface area contributed by atoms with Crippen molar-refractivity contribution in [1.82, 2.24) is 9.78 Å². The predicted molar refractivity (Wildman–Crippen MR) is 38.1 cm³/mol. The quantitative estimate of drug-likeness (QED) is 0.743. The number of rotatable bonds is 2. The van der Waals surface area contributed by atoms with Gasteiger partial charge in [-0.2, -0.15) is 13.2 Å². The van der Waals surface area contributed by atoms with E-state index in [2.05, 4.69) is 0 Å². The Bertz CT molecular complexity index is 403. The van der Waals surface area contributed by atoms with Gasteiger partial charge in [0.1, 0.15) is 12.2 Å². The number of aromatic nitrogens is 2. The molecule has 0 fully saturated rings. The molecule has 0 aromatic carbocycles. The molecule has 0 unspecified atom stereocenters. The highest BCUT2D eigenvalue weighted by atomic mass is 19.4. The highest BCUT2D eigenvalue weighted by Gasteiger charge is 2.29. The summed E-state index contributed by atoms with van der Waals surface area (Å²) in [4.78, 5) is 21.1. The first-order valence-electron chi connectivity index (χ1n) is 3.39. The minimum absolute atomic E-state index is 0.184. The van der Waals surface area contributed by atoms with Crippen LogP contribution in [0.1, 0.15) is 10.5 Å². The lowest BCUT2D eigenvalue weighted by molar-refractivity contribution is -0.143. The van der Waals surface area contributed by atoms with Gasteiger partial charge in [0.2, 0.25) is 0 Å². The van der Waals surface area contributed by atoms with Crippen molar-refractivity contribution in [3.63, 3.8) is 0 Å². The van der Waals surface area contributed by atoms with E-state index in [1.807, 2.05) is 5.10 Å². The van der Waals surface area contributed by atoms with E-state index < -0.39 is 29.9 Å². The van der Waals surface area contributed by atoms with Gasteiger partial charge in [0.15, 0.2) is 0 Å². The van der Waals surface area contributed by atoms with Crippen molar-refractivity contribution in [2.24, 2.45) is 0 Å². The van der Waals surface area contributed by atoms with E-state index in [9.17, 15) is 22.8 Å². The summed E-state index contributed by atoms with van der Waals surface area (Å²) < 4.78 is 35.6. The first kappa shape index (κ1) is 10.4. The summed E-state index contributed by atoms with van der Waals surface area (Å²) in [5.41, 5.74) is -1.60. The number of hydrogen-bond acceptors (Lipinski definition) is 2. The summed E-state index contributed by atoms with van der Waals surface area (Å²) in [5, 5.41) is 10.2. The Labute approximate surface area is 74.7 Å². The monoisotopic (exact) mass is 210 g/mol. The Morgan fingerprint density at radius 3 is 2.50 bits per heavy atom. The fourth-order valence-electron chi connectivity index (χ4n) is 0.840. The molecule has 0 spiro atoms. The Morgan fingerprint density at radius 2 is 2.14 bits per heavy atom.